The second kappa shape index (κ2) is 10.1. The minimum atomic E-state index is -4.64. The van der Waals surface area contributed by atoms with Crippen LogP contribution < -0.4 is 4.90 Å². The number of thioether (sulfide) groups is 1. The summed E-state index contributed by atoms with van der Waals surface area (Å²) in [5, 5.41) is 0. The van der Waals surface area contributed by atoms with Gasteiger partial charge in [-0.1, -0.05) is 6.07 Å². The highest BCUT2D eigenvalue weighted by atomic mass is 32.2. The second-order valence-electron chi connectivity index (χ2n) is 5.95. The van der Waals surface area contributed by atoms with Gasteiger partial charge in [0, 0.05) is 18.6 Å². The summed E-state index contributed by atoms with van der Waals surface area (Å²) in [7, 11) is 1.04. The molecular formula is C19H16F6N2O3S. The van der Waals surface area contributed by atoms with Crippen LogP contribution in [-0.2, 0) is 4.74 Å². The Morgan fingerprint density at radius 3 is 2.16 bits per heavy atom. The summed E-state index contributed by atoms with van der Waals surface area (Å²) < 4.78 is 84.8. The molecule has 5 nitrogen and oxygen atoms in total. The highest BCUT2D eigenvalue weighted by Gasteiger charge is 2.32. The van der Waals surface area contributed by atoms with Crippen LogP contribution in [-0.4, -0.2) is 42.7 Å². The fraction of sp³-hybridized carbons (Fsp3) is 0.263. The number of carbonyl (C=O) groups is 2. The van der Waals surface area contributed by atoms with Crippen LogP contribution >= 0.6 is 11.8 Å². The third-order valence-corrected chi connectivity index (χ3v) is 4.60. The Labute approximate surface area is 177 Å². The molecule has 0 aliphatic rings. The molecule has 0 aliphatic heterocycles. The van der Waals surface area contributed by atoms with E-state index >= 15 is 0 Å². The Kier molecular flexibility index (Phi) is 7.96. The SMILES string of the molecule is CCOCN(C(=O)c1c(F)cccc1F)C(=O)N(C)c1ccc(SC(F)(F)F)cc1F. The highest BCUT2D eigenvalue weighted by molar-refractivity contribution is 8.00. The maximum Gasteiger partial charge on any atom is 0.446 e. The number of ether oxygens (including phenoxy) is 1. The molecule has 3 amide bonds. The molecule has 12 heteroatoms. The van der Waals surface area contributed by atoms with Crippen LogP contribution in [0.4, 0.5) is 36.8 Å². The van der Waals surface area contributed by atoms with Crippen molar-refractivity contribution in [2.75, 3.05) is 25.3 Å². The van der Waals surface area contributed by atoms with Gasteiger partial charge in [-0.15, -0.1) is 0 Å². The molecule has 2 aromatic rings. The fourth-order valence-corrected chi connectivity index (χ4v) is 3.03. The van der Waals surface area contributed by atoms with E-state index in [-0.39, 0.29) is 6.61 Å². The van der Waals surface area contributed by atoms with Crippen molar-refractivity contribution in [3.63, 3.8) is 0 Å². The number of alkyl halides is 3. The first-order valence-electron chi connectivity index (χ1n) is 8.62. The lowest BCUT2D eigenvalue weighted by atomic mass is 10.1. The normalized spacial score (nSPS) is 11.4. The number of urea groups is 1. The van der Waals surface area contributed by atoms with Crippen molar-refractivity contribution in [1.29, 1.82) is 0 Å². The topological polar surface area (TPSA) is 49.9 Å². The molecule has 0 fully saturated rings. The van der Waals surface area contributed by atoms with Gasteiger partial charge in [0.1, 0.15) is 29.7 Å². The molecule has 31 heavy (non-hydrogen) atoms. The Morgan fingerprint density at radius 1 is 1.03 bits per heavy atom. The third-order valence-electron chi connectivity index (χ3n) is 3.88. The number of amides is 3. The summed E-state index contributed by atoms with van der Waals surface area (Å²) in [5.41, 5.74) is -6.11. The molecule has 0 N–H and O–H groups in total. The molecule has 0 saturated heterocycles. The van der Waals surface area contributed by atoms with E-state index in [1.165, 1.54) is 6.92 Å². The summed E-state index contributed by atoms with van der Waals surface area (Å²) in [6.45, 7) is 0.880. The van der Waals surface area contributed by atoms with Gasteiger partial charge in [-0.25, -0.2) is 22.9 Å². The Hall–Kier alpha value is -2.73. The zero-order chi connectivity index (χ0) is 23.3. The second-order valence-corrected chi connectivity index (χ2v) is 7.09. The Bertz CT molecular complexity index is 950. The molecular weight excluding hydrogens is 450 g/mol. The number of anilines is 1. The van der Waals surface area contributed by atoms with Crippen LogP contribution in [0.25, 0.3) is 0 Å². The Balaban J connectivity index is 2.36. The molecule has 0 unspecified atom stereocenters. The predicted molar refractivity (Wildman–Crippen MR) is 101 cm³/mol. The number of nitrogens with zero attached hydrogens (tertiary/aromatic N) is 2. The van der Waals surface area contributed by atoms with E-state index in [1.807, 2.05) is 0 Å². The zero-order valence-electron chi connectivity index (χ0n) is 16.2. The number of benzene rings is 2. The standard InChI is InChI=1S/C19H16F6N2O3S/c1-3-30-10-27(17(28)16-12(20)5-4-6-13(16)21)18(29)26(2)15-8-7-11(9-14(15)22)31-19(23,24)25/h4-9H,3,10H2,1-2H3. The van der Waals surface area contributed by atoms with Crippen molar-refractivity contribution in [3.8, 4) is 0 Å². The zero-order valence-corrected chi connectivity index (χ0v) is 17.0. The van der Waals surface area contributed by atoms with Crippen LogP contribution in [0.5, 0.6) is 0 Å². The minimum Gasteiger partial charge on any atom is -0.361 e. The maximum absolute atomic E-state index is 14.4. The van der Waals surface area contributed by atoms with E-state index < -0.39 is 69.5 Å². The molecule has 0 atom stereocenters. The quantitative estimate of drug-likeness (QED) is 0.325. The first-order valence-corrected chi connectivity index (χ1v) is 9.44. The molecule has 0 aliphatic carbocycles. The van der Waals surface area contributed by atoms with E-state index in [9.17, 15) is 35.9 Å². The predicted octanol–water partition coefficient (Wildman–Crippen LogP) is 5.41. The van der Waals surface area contributed by atoms with Gasteiger partial charge < -0.3 is 4.74 Å². The summed E-state index contributed by atoms with van der Waals surface area (Å²) in [6, 6.07) is 3.87. The van der Waals surface area contributed by atoms with Crippen molar-refractivity contribution in [2.24, 2.45) is 0 Å². The van der Waals surface area contributed by atoms with Gasteiger partial charge >= 0.3 is 11.5 Å². The molecule has 168 valence electrons. The number of hydrogen-bond donors (Lipinski definition) is 0. The molecule has 0 bridgehead atoms. The van der Waals surface area contributed by atoms with Crippen LogP contribution in [0.2, 0.25) is 0 Å². The minimum absolute atomic E-state index is 0.0399. The van der Waals surface area contributed by atoms with Gasteiger partial charge in [0.25, 0.3) is 5.91 Å². The molecule has 2 rings (SSSR count). The van der Waals surface area contributed by atoms with E-state index in [0.29, 0.717) is 15.9 Å². The maximum atomic E-state index is 14.4. The lowest BCUT2D eigenvalue weighted by molar-refractivity contribution is -0.0328. The highest BCUT2D eigenvalue weighted by Crippen LogP contribution is 2.38. The largest absolute Gasteiger partial charge is 0.446 e. The van der Waals surface area contributed by atoms with Crippen LogP contribution in [0.15, 0.2) is 41.3 Å². The van der Waals surface area contributed by atoms with Crippen molar-refractivity contribution in [3.05, 3.63) is 59.4 Å². The average Bonchev–Trinajstić information content (AvgIpc) is 2.66. The van der Waals surface area contributed by atoms with Gasteiger partial charge in [0.2, 0.25) is 0 Å². The average molecular weight is 466 g/mol. The van der Waals surface area contributed by atoms with Crippen LogP contribution in [0, 0.1) is 17.5 Å². The van der Waals surface area contributed by atoms with Crippen molar-refractivity contribution < 1.29 is 40.7 Å². The summed E-state index contributed by atoms with van der Waals surface area (Å²) >= 11 is -0.545. The summed E-state index contributed by atoms with van der Waals surface area (Å²) in [5.74, 6) is -4.99. The van der Waals surface area contributed by atoms with Gasteiger partial charge in [-0.05, 0) is 49.0 Å². The lowest BCUT2D eigenvalue weighted by Gasteiger charge is -2.27. The lowest BCUT2D eigenvalue weighted by Crippen LogP contribution is -2.46. The summed E-state index contributed by atoms with van der Waals surface area (Å²) in [6.07, 6.45) is 0. The van der Waals surface area contributed by atoms with Gasteiger partial charge in [0.15, 0.2) is 0 Å². The van der Waals surface area contributed by atoms with Crippen molar-refractivity contribution >= 4 is 29.4 Å². The first kappa shape index (κ1) is 24.5. The molecule has 0 spiro atoms. The molecule has 0 radical (unpaired) electrons. The van der Waals surface area contributed by atoms with Gasteiger partial charge in [-0.2, -0.15) is 13.2 Å². The number of carbonyl (C=O) groups excluding carboxylic acids is 2. The third kappa shape index (κ3) is 6.14. The van der Waals surface area contributed by atoms with E-state index in [0.717, 1.165) is 37.4 Å². The molecule has 0 heterocycles. The van der Waals surface area contributed by atoms with E-state index in [4.69, 9.17) is 4.74 Å². The molecule has 0 saturated carbocycles. The van der Waals surface area contributed by atoms with E-state index in [2.05, 4.69) is 0 Å². The van der Waals surface area contributed by atoms with Gasteiger partial charge in [0.05, 0.1) is 5.69 Å². The number of halogens is 6. The van der Waals surface area contributed by atoms with E-state index in [1.54, 1.807) is 0 Å². The Morgan fingerprint density at radius 2 is 1.65 bits per heavy atom. The number of hydrogen-bond acceptors (Lipinski definition) is 4. The first-order chi connectivity index (χ1) is 14.5. The summed E-state index contributed by atoms with van der Waals surface area (Å²) in [4.78, 5) is 26.0. The molecule has 0 aromatic heterocycles. The van der Waals surface area contributed by atoms with Crippen LogP contribution in [0.1, 0.15) is 17.3 Å². The van der Waals surface area contributed by atoms with Crippen molar-refractivity contribution in [2.45, 2.75) is 17.3 Å². The fourth-order valence-electron chi connectivity index (χ4n) is 2.46. The smallest absolute Gasteiger partial charge is 0.361 e. The van der Waals surface area contributed by atoms with Crippen molar-refractivity contribution in [1.82, 2.24) is 4.90 Å². The van der Waals surface area contributed by atoms with Crippen LogP contribution in [0.3, 0.4) is 0 Å². The number of rotatable bonds is 6. The monoisotopic (exact) mass is 466 g/mol. The number of imide groups is 1. The van der Waals surface area contributed by atoms with Gasteiger partial charge in [-0.3, -0.25) is 9.69 Å². The molecule has 2 aromatic carbocycles.